The quantitative estimate of drug-likeness (QED) is 0.717. The molecule has 4 N–H and O–H groups in total. The summed E-state index contributed by atoms with van der Waals surface area (Å²) in [6.45, 7) is 1.81. The van der Waals surface area contributed by atoms with E-state index in [2.05, 4.69) is 10.0 Å². The molecule has 1 aromatic rings. The molecule has 0 aromatic heterocycles. The lowest BCUT2D eigenvalue weighted by Gasteiger charge is -2.12. The van der Waals surface area contributed by atoms with Crippen molar-refractivity contribution in [2.75, 3.05) is 11.9 Å². The molecule has 1 amide bonds. The van der Waals surface area contributed by atoms with Crippen LogP contribution in [-0.4, -0.2) is 26.9 Å². The van der Waals surface area contributed by atoms with Crippen LogP contribution in [0.1, 0.15) is 19.8 Å². The number of anilines is 1. The number of hydrogen-bond donors (Lipinski definition) is 3. The summed E-state index contributed by atoms with van der Waals surface area (Å²) in [6, 6.07) is 3.32. The van der Waals surface area contributed by atoms with Gasteiger partial charge in [0.1, 0.15) is 10.7 Å². The summed E-state index contributed by atoms with van der Waals surface area (Å²) < 4.78 is 40.2. The van der Waals surface area contributed by atoms with Crippen LogP contribution in [0.15, 0.2) is 23.1 Å². The maximum absolute atomic E-state index is 13.7. The lowest BCUT2D eigenvalue weighted by molar-refractivity contribution is -0.119. The molecule has 0 radical (unpaired) electrons. The highest BCUT2D eigenvalue weighted by atomic mass is 35.5. The third-order valence-corrected chi connectivity index (χ3v) is 4.72. The number of hydrogen-bond acceptors (Lipinski definition) is 4. The summed E-state index contributed by atoms with van der Waals surface area (Å²) in [5.74, 6) is -1.62. The van der Waals surface area contributed by atoms with Crippen molar-refractivity contribution in [3.8, 4) is 0 Å². The molecule has 0 aliphatic heterocycles. The summed E-state index contributed by atoms with van der Waals surface area (Å²) in [4.78, 5) is 11.3. The highest BCUT2D eigenvalue weighted by Crippen LogP contribution is 2.25. The molecule has 1 atom stereocenters. The molecular weight excluding hydrogens is 333 g/mol. The van der Waals surface area contributed by atoms with E-state index in [0.29, 0.717) is 0 Å². The third-order valence-electron chi connectivity index (χ3n) is 3.19. The highest BCUT2D eigenvalue weighted by molar-refractivity contribution is 7.89. The molecule has 0 bridgehead atoms. The molecule has 0 saturated heterocycles. The van der Waals surface area contributed by atoms with Crippen LogP contribution < -0.4 is 15.8 Å². The van der Waals surface area contributed by atoms with Gasteiger partial charge in [-0.05, 0) is 31.0 Å². The average molecular weight is 352 g/mol. The summed E-state index contributed by atoms with van der Waals surface area (Å²) >= 11 is 0. The van der Waals surface area contributed by atoms with Crippen LogP contribution in [0, 0.1) is 11.7 Å². The molecule has 1 fully saturated rings. The molecule has 1 aromatic carbocycles. The molecule has 22 heavy (non-hydrogen) atoms. The highest BCUT2D eigenvalue weighted by Gasteiger charge is 2.30. The predicted octanol–water partition coefficient (Wildman–Crippen LogP) is 1.22. The molecular formula is C13H19ClFN3O3S. The average Bonchev–Trinajstić information content (AvgIpc) is 3.22. The van der Waals surface area contributed by atoms with E-state index in [-0.39, 0.29) is 36.6 Å². The molecule has 0 heterocycles. The van der Waals surface area contributed by atoms with Crippen LogP contribution in [0.3, 0.4) is 0 Å². The molecule has 1 saturated carbocycles. The van der Waals surface area contributed by atoms with E-state index in [1.54, 1.807) is 6.92 Å². The first-order chi connectivity index (χ1) is 9.83. The van der Waals surface area contributed by atoms with Gasteiger partial charge >= 0.3 is 0 Å². The van der Waals surface area contributed by atoms with E-state index in [9.17, 15) is 17.6 Å². The zero-order valence-corrected chi connectivity index (χ0v) is 13.6. The fraction of sp³-hybridized carbons (Fsp3) is 0.462. The smallest absolute Gasteiger partial charge is 0.243 e. The van der Waals surface area contributed by atoms with Gasteiger partial charge in [0, 0.05) is 24.2 Å². The SMILES string of the molecule is CC(CN)C(=O)Nc1ccc(F)c(S(=O)(=O)NC2CC2)c1.Cl. The monoisotopic (exact) mass is 351 g/mol. The Labute approximate surface area is 135 Å². The summed E-state index contributed by atoms with van der Waals surface area (Å²) in [7, 11) is -3.91. The number of rotatable bonds is 6. The van der Waals surface area contributed by atoms with Gasteiger partial charge in [-0.15, -0.1) is 12.4 Å². The number of benzene rings is 1. The van der Waals surface area contributed by atoms with Gasteiger partial charge in [-0.2, -0.15) is 0 Å². The van der Waals surface area contributed by atoms with Crippen molar-refractivity contribution >= 4 is 34.0 Å². The van der Waals surface area contributed by atoms with E-state index in [1.807, 2.05) is 0 Å². The zero-order chi connectivity index (χ0) is 15.6. The minimum absolute atomic E-state index is 0. The van der Waals surface area contributed by atoms with Gasteiger partial charge in [-0.25, -0.2) is 17.5 Å². The van der Waals surface area contributed by atoms with Gasteiger partial charge in [0.15, 0.2) is 0 Å². The lowest BCUT2D eigenvalue weighted by Crippen LogP contribution is -2.28. The van der Waals surface area contributed by atoms with Crippen LogP contribution in [0.5, 0.6) is 0 Å². The fourth-order valence-electron chi connectivity index (χ4n) is 1.64. The van der Waals surface area contributed by atoms with Crippen LogP contribution in [0.4, 0.5) is 10.1 Å². The first kappa shape index (κ1) is 18.8. The van der Waals surface area contributed by atoms with Crippen molar-refractivity contribution < 1.29 is 17.6 Å². The van der Waals surface area contributed by atoms with E-state index >= 15 is 0 Å². The second kappa shape index (κ2) is 7.36. The largest absolute Gasteiger partial charge is 0.330 e. The van der Waals surface area contributed by atoms with Crippen LogP contribution >= 0.6 is 12.4 Å². The van der Waals surface area contributed by atoms with E-state index < -0.39 is 26.7 Å². The minimum Gasteiger partial charge on any atom is -0.330 e. The van der Waals surface area contributed by atoms with E-state index in [1.165, 1.54) is 6.07 Å². The Bertz CT molecular complexity index is 650. The maximum atomic E-state index is 13.7. The molecule has 1 aliphatic carbocycles. The summed E-state index contributed by atoms with van der Waals surface area (Å²) in [5, 5.41) is 2.52. The van der Waals surface area contributed by atoms with Crippen molar-refractivity contribution in [1.82, 2.24) is 4.72 Å². The second-order valence-corrected chi connectivity index (χ2v) is 6.85. The maximum Gasteiger partial charge on any atom is 0.243 e. The molecule has 9 heteroatoms. The Morgan fingerprint density at radius 1 is 1.45 bits per heavy atom. The van der Waals surface area contributed by atoms with Gasteiger partial charge in [0.25, 0.3) is 0 Å². The number of carbonyl (C=O) groups excluding carboxylic acids is 1. The number of carbonyl (C=O) groups is 1. The Kier molecular flexibility index (Phi) is 6.30. The molecule has 1 aliphatic rings. The van der Waals surface area contributed by atoms with Gasteiger partial charge in [0.2, 0.25) is 15.9 Å². The topological polar surface area (TPSA) is 101 Å². The van der Waals surface area contributed by atoms with Crippen LogP contribution in [0.2, 0.25) is 0 Å². The number of amides is 1. The van der Waals surface area contributed by atoms with Crippen molar-refractivity contribution in [2.45, 2.75) is 30.7 Å². The lowest BCUT2D eigenvalue weighted by atomic mass is 10.1. The second-order valence-electron chi connectivity index (χ2n) is 5.17. The predicted molar refractivity (Wildman–Crippen MR) is 83.8 cm³/mol. The Morgan fingerprint density at radius 3 is 2.64 bits per heavy atom. The summed E-state index contributed by atoms with van der Waals surface area (Å²) in [5.41, 5.74) is 5.61. The van der Waals surface area contributed by atoms with Gasteiger partial charge in [-0.1, -0.05) is 6.92 Å². The van der Waals surface area contributed by atoms with E-state index in [4.69, 9.17) is 5.73 Å². The molecule has 124 valence electrons. The standard InChI is InChI=1S/C13H18FN3O3S.ClH/c1-8(7-15)13(18)16-10-4-5-11(14)12(6-10)21(19,20)17-9-2-3-9;/h4-6,8-9,17H,2-3,7,15H2,1H3,(H,16,18);1H. The first-order valence-electron chi connectivity index (χ1n) is 6.66. The van der Waals surface area contributed by atoms with Crippen LogP contribution in [0.25, 0.3) is 0 Å². The van der Waals surface area contributed by atoms with Crippen molar-refractivity contribution in [3.63, 3.8) is 0 Å². The summed E-state index contributed by atoms with van der Waals surface area (Å²) in [6.07, 6.45) is 1.51. The van der Waals surface area contributed by atoms with Crippen molar-refractivity contribution in [1.29, 1.82) is 0 Å². The van der Waals surface area contributed by atoms with Crippen molar-refractivity contribution in [2.24, 2.45) is 11.7 Å². The number of nitrogens with one attached hydrogen (secondary N) is 2. The Hall–Kier alpha value is -1.22. The Morgan fingerprint density at radius 2 is 2.09 bits per heavy atom. The third kappa shape index (κ3) is 4.64. The Balaban J connectivity index is 0.00000242. The fourth-order valence-corrected chi connectivity index (χ4v) is 3.05. The van der Waals surface area contributed by atoms with Gasteiger partial charge < -0.3 is 11.1 Å². The van der Waals surface area contributed by atoms with Gasteiger partial charge in [0.05, 0.1) is 0 Å². The van der Waals surface area contributed by atoms with Crippen molar-refractivity contribution in [3.05, 3.63) is 24.0 Å². The first-order valence-corrected chi connectivity index (χ1v) is 8.14. The molecule has 6 nitrogen and oxygen atoms in total. The molecule has 1 unspecified atom stereocenters. The number of nitrogens with two attached hydrogens (primary N) is 1. The number of sulfonamides is 1. The van der Waals surface area contributed by atoms with Gasteiger partial charge in [-0.3, -0.25) is 4.79 Å². The normalized spacial score (nSPS) is 15.8. The molecule has 2 rings (SSSR count). The molecule has 0 spiro atoms. The van der Waals surface area contributed by atoms with E-state index in [0.717, 1.165) is 25.0 Å². The number of halogens is 2. The zero-order valence-electron chi connectivity index (χ0n) is 12.0. The minimum atomic E-state index is -3.91. The van der Waals surface area contributed by atoms with Crippen LogP contribution in [-0.2, 0) is 14.8 Å².